The molecule has 3 aromatic carbocycles. The molecule has 0 unspecified atom stereocenters. The van der Waals surface area contributed by atoms with Gasteiger partial charge in [0.25, 0.3) is 0 Å². The molecule has 0 aliphatic carbocycles. The van der Waals surface area contributed by atoms with Crippen LogP contribution in [0, 0.1) is 17.8 Å². The third kappa shape index (κ3) is 10.9. The average Bonchev–Trinajstić information content (AvgIpc) is 3.04. The Kier molecular flexibility index (Phi) is 13.3. The summed E-state index contributed by atoms with van der Waals surface area (Å²) in [5, 5.41) is 11.9. The van der Waals surface area contributed by atoms with Gasteiger partial charge in [-0.3, -0.25) is 19.2 Å². The van der Waals surface area contributed by atoms with Gasteiger partial charge in [-0.05, 0) is 59.9 Å². The van der Waals surface area contributed by atoms with Crippen molar-refractivity contribution in [1.29, 1.82) is 0 Å². The van der Waals surface area contributed by atoms with E-state index in [0.717, 1.165) is 0 Å². The summed E-state index contributed by atoms with van der Waals surface area (Å²) < 4.78 is 50.7. The Morgan fingerprint density at radius 2 is 1.56 bits per heavy atom. The highest BCUT2D eigenvalue weighted by Crippen LogP contribution is 2.31. The van der Waals surface area contributed by atoms with Crippen LogP contribution in [0.4, 0.5) is 13.2 Å². The fourth-order valence-electron chi connectivity index (χ4n) is 5.04. The number of carbonyl (C=O) groups excluding carboxylic acids is 4. The molecule has 0 aliphatic rings. The molecule has 0 radical (unpaired) electrons. The molecule has 2 N–H and O–H groups in total. The molecule has 0 saturated carbocycles. The maximum atomic E-state index is 14.0. The van der Waals surface area contributed by atoms with Gasteiger partial charge in [-0.15, -0.1) is 0 Å². The summed E-state index contributed by atoms with van der Waals surface area (Å²) >= 11 is 6.07. The van der Waals surface area contributed by atoms with E-state index in [2.05, 4.69) is 5.32 Å². The van der Waals surface area contributed by atoms with Crippen LogP contribution in [-0.2, 0) is 25.6 Å². The molecule has 0 spiro atoms. The van der Waals surface area contributed by atoms with Crippen LogP contribution < -0.4 is 14.8 Å². The standard InChI is InChI=1S/C35H35ClF3NO8/c1-20(2)28(33(45)35(37,38)39)18-30(42)32(22-10-12-26(47-3)13-11-22)40-34(46)24(17-29(41)23-7-5-8-25(36)16-23)14-21-6-4-9-27(15-21)48-19-31(43)44/h4-13,15-16,20,24,28,32H,14,17-19H2,1-3H3,(H,40,46)(H,43,44)/t24-,28+,32+/m1/s1. The second-order valence-corrected chi connectivity index (χ2v) is 11.9. The molecular formula is C35H35ClF3NO8. The van der Waals surface area contributed by atoms with Crippen LogP contribution in [0.25, 0.3) is 0 Å². The first-order chi connectivity index (χ1) is 22.6. The van der Waals surface area contributed by atoms with Gasteiger partial charge in [0.2, 0.25) is 11.7 Å². The van der Waals surface area contributed by atoms with Crippen molar-refractivity contribution >= 4 is 40.8 Å². The molecule has 48 heavy (non-hydrogen) atoms. The van der Waals surface area contributed by atoms with E-state index in [4.69, 9.17) is 26.2 Å². The number of carboxylic acid groups (broad SMARTS) is 1. The van der Waals surface area contributed by atoms with Gasteiger partial charge in [0.1, 0.15) is 17.5 Å². The summed E-state index contributed by atoms with van der Waals surface area (Å²) in [5.41, 5.74) is 0.951. The Morgan fingerprint density at radius 3 is 2.15 bits per heavy atom. The normalized spacial score (nSPS) is 13.2. The Labute approximate surface area is 280 Å². The van der Waals surface area contributed by atoms with Gasteiger partial charge in [-0.1, -0.05) is 61.8 Å². The fraction of sp³-hybridized carbons (Fsp3) is 0.343. The maximum Gasteiger partial charge on any atom is 0.450 e. The molecule has 9 nitrogen and oxygen atoms in total. The lowest BCUT2D eigenvalue weighted by Gasteiger charge is -2.26. The minimum Gasteiger partial charge on any atom is -0.497 e. The highest BCUT2D eigenvalue weighted by molar-refractivity contribution is 6.31. The number of halogens is 4. The van der Waals surface area contributed by atoms with Gasteiger partial charge in [0.05, 0.1) is 7.11 Å². The third-order valence-corrected chi connectivity index (χ3v) is 7.83. The molecule has 13 heteroatoms. The third-order valence-electron chi connectivity index (χ3n) is 7.59. The van der Waals surface area contributed by atoms with Crippen LogP contribution in [0.2, 0.25) is 5.02 Å². The van der Waals surface area contributed by atoms with E-state index < -0.39 is 72.2 Å². The number of hydrogen-bond acceptors (Lipinski definition) is 7. The minimum atomic E-state index is -5.16. The van der Waals surface area contributed by atoms with Crippen LogP contribution in [-0.4, -0.2) is 54.2 Å². The van der Waals surface area contributed by atoms with Crippen molar-refractivity contribution in [3.8, 4) is 11.5 Å². The van der Waals surface area contributed by atoms with Crippen LogP contribution in [0.15, 0.2) is 72.8 Å². The highest BCUT2D eigenvalue weighted by Gasteiger charge is 2.45. The second kappa shape index (κ2) is 16.9. The number of amides is 1. The van der Waals surface area contributed by atoms with Crippen molar-refractivity contribution in [1.82, 2.24) is 5.32 Å². The fourth-order valence-corrected chi connectivity index (χ4v) is 5.23. The van der Waals surface area contributed by atoms with E-state index in [1.165, 1.54) is 69.5 Å². The predicted octanol–water partition coefficient (Wildman–Crippen LogP) is 6.46. The van der Waals surface area contributed by atoms with Crippen molar-refractivity contribution in [2.75, 3.05) is 13.7 Å². The molecule has 0 heterocycles. The topological polar surface area (TPSA) is 136 Å². The summed E-state index contributed by atoms with van der Waals surface area (Å²) in [5.74, 6) is -8.31. The van der Waals surface area contributed by atoms with Crippen LogP contribution >= 0.6 is 11.6 Å². The van der Waals surface area contributed by atoms with E-state index in [9.17, 15) is 37.1 Å². The number of carbonyl (C=O) groups is 5. The molecule has 0 fully saturated rings. The van der Waals surface area contributed by atoms with Gasteiger partial charge >= 0.3 is 12.1 Å². The van der Waals surface area contributed by atoms with Crippen molar-refractivity contribution in [3.05, 3.63) is 94.5 Å². The monoisotopic (exact) mass is 689 g/mol. The number of aliphatic carboxylic acids is 1. The summed E-state index contributed by atoms with van der Waals surface area (Å²) in [4.78, 5) is 64.2. The van der Waals surface area contributed by atoms with Crippen LogP contribution in [0.1, 0.15) is 54.2 Å². The number of carboxylic acids is 1. The molecule has 256 valence electrons. The zero-order chi connectivity index (χ0) is 35.6. The molecule has 3 atom stereocenters. The lowest BCUT2D eigenvalue weighted by atomic mass is 9.84. The maximum absolute atomic E-state index is 14.0. The zero-order valence-electron chi connectivity index (χ0n) is 26.4. The number of nitrogens with one attached hydrogen (secondary N) is 1. The van der Waals surface area contributed by atoms with Crippen LogP contribution in [0.3, 0.4) is 0 Å². The van der Waals surface area contributed by atoms with Gasteiger partial charge in [0, 0.05) is 35.3 Å². The number of ether oxygens (including phenoxy) is 2. The molecular weight excluding hydrogens is 655 g/mol. The summed E-state index contributed by atoms with van der Waals surface area (Å²) in [6, 6.07) is 16.8. The van der Waals surface area contributed by atoms with Crippen molar-refractivity contribution in [2.45, 2.75) is 45.3 Å². The van der Waals surface area contributed by atoms with Gasteiger partial charge in [-0.25, -0.2) is 4.79 Å². The summed E-state index contributed by atoms with van der Waals surface area (Å²) in [7, 11) is 1.42. The molecule has 0 aliphatic heterocycles. The number of rotatable bonds is 17. The SMILES string of the molecule is COc1ccc([C@H](NC(=O)[C@@H](CC(=O)c2cccc(Cl)c2)Cc2cccc(OCC(=O)O)c2)C(=O)C[C@H](C(=O)C(F)(F)F)C(C)C)cc1. The Balaban J connectivity index is 1.99. The highest BCUT2D eigenvalue weighted by atomic mass is 35.5. The lowest BCUT2D eigenvalue weighted by Crippen LogP contribution is -2.41. The van der Waals surface area contributed by atoms with Crippen molar-refractivity contribution in [2.24, 2.45) is 17.8 Å². The largest absolute Gasteiger partial charge is 0.497 e. The number of ketones is 3. The number of methoxy groups -OCH3 is 1. The van der Waals surface area contributed by atoms with E-state index in [1.807, 2.05) is 0 Å². The first kappa shape index (κ1) is 37.7. The smallest absolute Gasteiger partial charge is 0.450 e. The van der Waals surface area contributed by atoms with E-state index in [1.54, 1.807) is 24.3 Å². The predicted molar refractivity (Wildman–Crippen MR) is 170 cm³/mol. The molecule has 3 aromatic rings. The van der Waals surface area contributed by atoms with Crippen molar-refractivity contribution in [3.63, 3.8) is 0 Å². The number of benzene rings is 3. The first-order valence-corrected chi connectivity index (χ1v) is 15.3. The number of hydrogen-bond donors (Lipinski definition) is 2. The molecule has 0 bridgehead atoms. The summed E-state index contributed by atoms with van der Waals surface area (Å²) in [6.07, 6.45) is -6.38. The Morgan fingerprint density at radius 1 is 0.896 bits per heavy atom. The number of alkyl halides is 3. The Hall–Kier alpha value is -4.71. The molecule has 3 rings (SSSR count). The Bertz CT molecular complexity index is 1620. The van der Waals surface area contributed by atoms with E-state index in [-0.39, 0.29) is 29.7 Å². The van der Waals surface area contributed by atoms with Gasteiger partial charge < -0.3 is 19.9 Å². The van der Waals surface area contributed by atoms with Crippen molar-refractivity contribution < 1.29 is 51.7 Å². The average molecular weight is 690 g/mol. The van der Waals surface area contributed by atoms with Gasteiger partial charge in [0.15, 0.2) is 18.2 Å². The molecule has 1 amide bonds. The minimum absolute atomic E-state index is 0.0624. The van der Waals surface area contributed by atoms with Gasteiger partial charge in [-0.2, -0.15) is 13.2 Å². The second-order valence-electron chi connectivity index (χ2n) is 11.5. The quantitative estimate of drug-likeness (QED) is 0.154. The van der Waals surface area contributed by atoms with E-state index >= 15 is 0 Å². The first-order valence-electron chi connectivity index (χ1n) is 14.9. The van der Waals surface area contributed by atoms with E-state index in [0.29, 0.717) is 16.3 Å². The van der Waals surface area contributed by atoms with Crippen LogP contribution in [0.5, 0.6) is 11.5 Å². The number of Topliss-reactive ketones (excluding diaryl/α,β-unsaturated/α-hetero) is 3. The zero-order valence-corrected chi connectivity index (χ0v) is 27.1. The summed E-state index contributed by atoms with van der Waals surface area (Å²) in [6.45, 7) is 2.18. The molecule has 0 saturated heterocycles. The lowest BCUT2D eigenvalue weighted by molar-refractivity contribution is -0.177. The molecule has 0 aromatic heterocycles.